The molecule has 0 aliphatic rings. The number of amides is 2. The molecule has 0 heterocycles. The van der Waals surface area contributed by atoms with E-state index in [2.05, 4.69) is 5.32 Å². The smallest absolute Gasteiger partial charge is 0.264 e. The molecule has 3 aromatic carbocycles. The molecule has 1 atom stereocenters. The number of carbonyl (C=O) groups is 2. The van der Waals surface area contributed by atoms with Crippen molar-refractivity contribution in [1.29, 1.82) is 0 Å². The molecule has 0 aliphatic heterocycles. The van der Waals surface area contributed by atoms with Gasteiger partial charge in [-0.1, -0.05) is 66.0 Å². The first kappa shape index (κ1) is 31.5. The fourth-order valence-corrected chi connectivity index (χ4v) is 6.02. The van der Waals surface area contributed by atoms with Crippen LogP contribution in [0.25, 0.3) is 0 Å². The van der Waals surface area contributed by atoms with Crippen molar-refractivity contribution in [2.75, 3.05) is 24.5 Å². The summed E-state index contributed by atoms with van der Waals surface area (Å²) in [6.07, 6.45) is 0.705. The number of hydrogen-bond acceptors (Lipinski definition) is 5. The first-order chi connectivity index (χ1) is 19.0. The number of sulfonamides is 1. The number of rotatable bonds is 12. The predicted octanol–water partition coefficient (Wildman–Crippen LogP) is 5.79. The lowest BCUT2D eigenvalue weighted by atomic mass is 10.1. The zero-order chi connectivity index (χ0) is 29.4. The fraction of sp³-hybridized carbons (Fsp3) is 0.286. The minimum absolute atomic E-state index is 0.0178. The minimum atomic E-state index is -4.22. The van der Waals surface area contributed by atoms with Crippen LogP contribution in [0.1, 0.15) is 25.8 Å². The Morgan fingerprint density at radius 2 is 1.68 bits per heavy atom. The van der Waals surface area contributed by atoms with E-state index in [4.69, 9.17) is 39.5 Å². The largest absolute Gasteiger partial charge is 0.495 e. The SMILES string of the molecule is CCCNC(=O)[C@@H](C)N(Cc1ccc(Cl)cc1Cl)C(=O)CN(c1ccc(OC)c(Cl)c1)S(=O)(=O)c1ccccc1. The van der Waals surface area contributed by atoms with E-state index in [1.807, 2.05) is 6.92 Å². The van der Waals surface area contributed by atoms with Crippen LogP contribution in [0.5, 0.6) is 5.75 Å². The number of ether oxygens (including phenoxy) is 1. The quantitative estimate of drug-likeness (QED) is 0.274. The van der Waals surface area contributed by atoms with Crippen molar-refractivity contribution in [2.24, 2.45) is 0 Å². The maximum Gasteiger partial charge on any atom is 0.264 e. The third-order valence-corrected chi connectivity index (χ3v) is 8.78. The number of halogens is 3. The molecule has 0 unspecified atom stereocenters. The van der Waals surface area contributed by atoms with E-state index in [-0.39, 0.29) is 28.1 Å². The predicted molar refractivity (Wildman–Crippen MR) is 159 cm³/mol. The van der Waals surface area contributed by atoms with Crippen LogP contribution in [0.2, 0.25) is 15.1 Å². The molecule has 0 saturated carbocycles. The Kier molecular flexibility index (Phi) is 11.1. The van der Waals surface area contributed by atoms with E-state index in [0.717, 1.165) is 4.31 Å². The van der Waals surface area contributed by atoms with Crippen molar-refractivity contribution in [2.45, 2.75) is 37.8 Å². The van der Waals surface area contributed by atoms with Gasteiger partial charge in [-0.25, -0.2) is 8.42 Å². The van der Waals surface area contributed by atoms with Gasteiger partial charge in [0.25, 0.3) is 10.0 Å². The van der Waals surface area contributed by atoms with Crippen molar-refractivity contribution in [3.63, 3.8) is 0 Å². The van der Waals surface area contributed by atoms with Gasteiger partial charge in [-0.2, -0.15) is 0 Å². The van der Waals surface area contributed by atoms with E-state index < -0.39 is 28.5 Å². The van der Waals surface area contributed by atoms with Gasteiger partial charge in [-0.15, -0.1) is 0 Å². The van der Waals surface area contributed by atoms with Crippen molar-refractivity contribution >= 4 is 62.3 Å². The summed E-state index contributed by atoms with van der Waals surface area (Å²) in [6, 6.07) is 16.0. The third kappa shape index (κ3) is 7.60. The lowest BCUT2D eigenvalue weighted by Gasteiger charge is -2.32. The molecular formula is C28H30Cl3N3O5S. The number of hydrogen-bond donors (Lipinski definition) is 1. The van der Waals surface area contributed by atoms with Gasteiger partial charge >= 0.3 is 0 Å². The van der Waals surface area contributed by atoms with Gasteiger partial charge in [0, 0.05) is 23.1 Å². The molecule has 2 amide bonds. The van der Waals surface area contributed by atoms with Gasteiger partial charge in [-0.05, 0) is 61.4 Å². The number of carbonyl (C=O) groups excluding carboxylic acids is 2. The molecule has 0 bridgehead atoms. The number of benzene rings is 3. The number of anilines is 1. The second-order valence-corrected chi connectivity index (χ2v) is 12.0. The number of nitrogens with one attached hydrogen (secondary N) is 1. The maximum absolute atomic E-state index is 13.9. The first-order valence-electron chi connectivity index (χ1n) is 12.4. The third-order valence-electron chi connectivity index (χ3n) is 6.11. The molecular weight excluding hydrogens is 597 g/mol. The molecule has 0 radical (unpaired) electrons. The highest BCUT2D eigenvalue weighted by atomic mass is 35.5. The lowest BCUT2D eigenvalue weighted by Crippen LogP contribution is -2.51. The summed E-state index contributed by atoms with van der Waals surface area (Å²) in [7, 11) is -2.79. The van der Waals surface area contributed by atoms with Crippen LogP contribution in [-0.4, -0.2) is 51.4 Å². The highest BCUT2D eigenvalue weighted by Crippen LogP contribution is 2.32. The van der Waals surface area contributed by atoms with Crippen LogP contribution < -0.4 is 14.4 Å². The first-order valence-corrected chi connectivity index (χ1v) is 15.0. The molecule has 0 aromatic heterocycles. The highest BCUT2D eigenvalue weighted by Gasteiger charge is 2.33. The molecule has 12 heteroatoms. The zero-order valence-corrected chi connectivity index (χ0v) is 25.3. The highest BCUT2D eigenvalue weighted by molar-refractivity contribution is 7.92. The van der Waals surface area contributed by atoms with Crippen molar-refractivity contribution in [1.82, 2.24) is 10.2 Å². The summed E-state index contributed by atoms with van der Waals surface area (Å²) in [5.74, 6) is -0.670. The van der Waals surface area contributed by atoms with Gasteiger partial charge in [0.05, 0.1) is 22.7 Å². The average molecular weight is 627 g/mol. The van der Waals surface area contributed by atoms with Gasteiger partial charge < -0.3 is 15.0 Å². The Bertz CT molecular complexity index is 1450. The van der Waals surface area contributed by atoms with Crippen LogP contribution in [0.15, 0.2) is 71.6 Å². The van der Waals surface area contributed by atoms with Crippen LogP contribution in [0.3, 0.4) is 0 Å². The van der Waals surface area contributed by atoms with Crippen LogP contribution in [0, 0.1) is 0 Å². The van der Waals surface area contributed by atoms with Gasteiger partial charge in [0.15, 0.2) is 0 Å². The number of nitrogens with zero attached hydrogens (tertiary/aromatic N) is 2. The summed E-state index contributed by atoms with van der Waals surface area (Å²) in [5.41, 5.74) is 0.690. The summed E-state index contributed by atoms with van der Waals surface area (Å²) in [6.45, 7) is 3.24. The fourth-order valence-electron chi connectivity index (χ4n) is 3.87. The standard InChI is InChI=1S/C28H30Cl3N3O5S/c1-4-14-32-28(36)19(2)33(17-20-10-11-21(29)15-24(20)30)27(35)18-34(22-12-13-26(39-3)25(31)16-22)40(37,38)23-8-6-5-7-9-23/h5-13,15-16,19H,4,14,17-18H2,1-3H3,(H,32,36)/t19-/m1/s1. The summed E-state index contributed by atoms with van der Waals surface area (Å²) in [4.78, 5) is 28.1. The maximum atomic E-state index is 13.9. The Labute approximate surface area is 249 Å². The molecule has 3 rings (SSSR count). The molecule has 0 spiro atoms. The summed E-state index contributed by atoms with van der Waals surface area (Å²) < 4.78 is 33.8. The van der Waals surface area contributed by atoms with E-state index in [1.54, 1.807) is 37.3 Å². The molecule has 40 heavy (non-hydrogen) atoms. The average Bonchev–Trinajstić information content (AvgIpc) is 2.94. The summed E-state index contributed by atoms with van der Waals surface area (Å²) in [5, 5.41) is 3.67. The second-order valence-electron chi connectivity index (χ2n) is 8.87. The van der Waals surface area contributed by atoms with E-state index >= 15 is 0 Å². The van der Waals surface area contributed by atoms with Crippen molar-refractivity contribution in [3.05, 3.63) is 87.4 Å². The minimum Gasteiger partial charge on any atom is -0.495 e. The zero-order valence-electron chi connectivity index (χ0n) is 22.2. The molecule has 0 aliphatic carbocycles. The monoisotopic (exact) mass is 625 g/mol. The number of methoxy groups -OCH3 is 1. The van der Waals surface area contributed by atoms with E-state index in [9.17, 15) is 18.0 Å². The van der Waals surface area contributed by atoms with Gasteiger partial charge in [0.2, 0.25) is 11.8 Å². The van der Waals surface area contributed by atoms with Crippen LogP contribution in [-0.2, 0) is 26.2 Å². The lowest BCUT2D eigenvalue weighted by molar-refractivity contribution is -0.139. The van der Waals surface area contributed by atoms with Crippen molar-refractivity contribution in [3.8, 4) is 5.75 Å². The topological polar surface area (TPSA) is 96.0 Å². The Morgan fingerprint density at radius 3 is 2.27 bits per heavy atom. The Hall–Kier alpha value is -2.98. The molecule has 8 nitrogen and oxygen atoms in total. The van der Waals surface area contributed by atoms with Gasteiger partial charge in [0.1, 0.15) is 18.3 Å². The van der Waals surface area contributed by atoms with Gasteiger partial charge in [-0.3, -0.25) is 13.9 Å². The normalized spacial score (nSPS) is 11.9. The van der Waals surface area contributed by atoms with Crippen LogP contribution >= 0.6 is 34.8 Å². The van der Waals surface area contributed by atoms with Crippen molar-refractivity contribution < 1.29 is 22.7 Å². The Morgan fingerprint density at radius 1 is 0.975 bits per heavy atom. The molecule has 3 aromatic rings. The summed E-state index contributed by atoms with van der Waals surface area (Å²) >= 11 is 18.8. The Balaban J connectivity index is 2.06. The molecule has 0 saturated heterocycles. The van der Waals surface area contributed by atoms with E-state index in [1.165, 1.54) is 48.4 Å². The molecule has 0 fully saturated rings. The van der Waals surface area contributed by atoms with Crippen LogP contribution in [0.4, 0.5) is 5.69 Å². The molecule has 214 valence electrons. The van der Waals surface area contributed by atoms with E-state index in [0.29, 0.717) is 34.3 Å². The molecule has 1 N–H and O–H groups in total. The second kappa shape index (κ2) is 14.1.